The fourth-order valence-electron chi connectivity index (χ4n) is 2.64. The topological polar surface area (TPSA) is 68.2 Å². The number of aliphatic imine (C=N–C) groups is 1. The Morgan fingerprint density at radius 3 is 2.30 bits per heavy atom. The van der Waals surface area contributed by atoms with Crippen LogP contribution in [0.2, 0.25) is 0 Å². The summed E-state index contributed by atoms with van der Waals surface area (Å²) in [6.45, 7) is 1.66. The zero-order chi connectivity index (χ0) is 19.8. The van der Waals surface area contributed by atoms with Crippen LogP contribution in [0.25, 0.3) is 5.57 Å². The van der Waals surface area contributed by atoms with Crippen LogP contribution in [0.4, 0.5) is 0 Å². The molecule has 0 saturated heterocycles. The van der Waals surface area contributed by atoms with Crippen LogP contribution in [-0.2, 0) is 9.59 Å². The molecule has 0 bridgehead atoms. The lowest BCUT2D eigenvalue weighted by atomic mass is 10.00. The first-order valence-corrected chi connectivity index (χ1v) is 9.06. The molecule has 1 heterocycles. The number of benzene rings is 1. The van der Waals surface area contributed by atoms with Crippen LogP contribution in [0.5, 0.6) is 0 Å². The molecular weight excluding hydrogens is 342 g/mol. The lowest BCUT2D eigenvalue weighted by Crippen LogP contribution is -2.47. The van der Waals surface area contributed by atoms with Crippen LogP contribution in [0.1, 0.15) is 12.0 Å². The van der Waals surface area contributed by atoms with E-state index in [1.54, 1.807) is 28.2 Å². The van der Waals surface area contributed by atoms with Crippen molar-refractivity contribution in [2.24, 2.45) is 4.99 Å². The standard InChI is InChI=1S/C20H29N5O2/c1-23(2)18(26)14-21-20(22-15-19(27)24(3)4)25-12-10-17(11-13-25)16-8-6-5-7-9-16/h5-10H,11-15H2,1-4H3,(H,21,22). The molecule has 1 aromatic carbocycles. The minimum Gasteiger partial charge on any atom is -0.347 e. The van der Waals surface area contributed by atoms with Crippen LogP contribution in [-0.4, -0.2) is 86.8 Å². The second-order valence-electron chi connectivity index (χ2n) is 6.86. The first kappa shape index (κ1) is 20.5. The Kier molecular flexibility index (Phi) is 7.40. The van der Waals surface area contributed by atoms with Crippen LogP contribution >= 0.6 is 0 Å². The first-order valence-electron chi connectivity index (χ1n) is 9.06. The van der Waals surface area contributed by atoms with Gasteiger partial charge in [-0.2, -0.15) is 0 Å². The van der Waals surface area contributed by atoms with Gasteiger partial charge in [0.05, 0.1) is 6.54 Å². The highest BCUT2D eigenvalue weighted by molar-refractivity contribution is 5.89. The Bertz CT molecular complexity index is 710. The molecule has 0 spiro atoms. The summed E-state index contributed by atoms with van der Waals surface area (Å²) >= 11 is 0. The summed E-state index contributed by atoms with van der Waals surface area (Å²) in [4.78, 5) is 33.4. The molecule has 0 aliphatic carbocycles. The Morgan fingerprint density at radius 2 is 1.74 bits per heavy atom. The van der Waals surface area contributed by atoms with Crippen molar-refractivity contribution >= 4 is 23.3 Å². The van der Waals surface area contributed by atoms with Gasteiger partial charge in [0.2, 0.25) is 11.8 Å². The highest BCUT2D eigenvalue weighted by Gasteiger charge is 2.18. The van der Waals surface area contributed by atoms with Crippen molar-refractivity contribution in [3.63, 3.8) is 0 Å². The Morgan fingerprint density at radius 1 is 1.07 bits per heavy atom. The number of nitrogens with zero attached hydrogens (tertiary/aromatic N) is 4. The van der Waals surface area contributed by atoms with Gasteiger partial charge in [0.25, 0.3) is 0 Å². The lowest BCUT2D eigenvalue weighted by molar-refractivity contribution is -0.127. The van der Waals surface area contributed by atoms with E-state index < -0.39 is 0 Å². The molecule has 1 N–H and O–H groups in total. The number of likely N-dealkylation sites (N-methyl/N-ethyl adjacent to an activating group) is 2. The van der Waals surface area contributed by atoms with Gasteiger partial charge in [-0.1, -0.05) is 36.4 Å². The van der Waals surface area contributed by atoms with Gasteiger partial charge in [-0.15, -0.1) is 0 Å². The third-order valence-corrected chi connectivity index (χ3v) is 4.41. The summed E-state index contributed by atoms with van der Waals surface area (Å²) in [5.41, 5.74) is 2.54. The fraction of sp³-hybridized carbons (Fsp3) is 0.450. The third-order valence-electron chi connectivity index (χ3n) is 4.41. The second-order valence-corrected chi connectivity index (χ2v) is 6.86. The Labute approximate surface area is 161 Å². The average Bonchev–Trinajstić information content (AvgIpc) is 2.68. The normalized spacial score (nSPS) is 14.4. The van der Waals surface area contributed by atoms with Crippen LogP contribution in [0, 0.1) is 0 Å². The van der Waals surface area contributed by atoms with E-state index in [1.807, 2.05) is 18.2 Å². The minimum atomic E-state index is -0.0780. The molecule has 0 atom stereocenters. The van der Waals surface area contributed by atoms with E-state index in [9.17, 15) is 9.59 Å². The van der Waals surface area contributed by atoms with Crippen molar-refractivity contribution in [1.82, 2.24) is 20.0 Å². The van der Waals surface area contributed by atoms with Crippen LogP contribution in [0.3, 0.4) is 0 Å². The quantitative estimate of drug-likeness (QED) is 0.617. The zero-order valence-electron chi connectivity index (χ0n) is 16.6. The Balaban J connectivity index is 2.08. The summed E-state index contributed by atoms with van der Waals surface area (Å²) in [6, 6.07) is 10.3. The number of rotatable bonds is 5. The molecule has 27 heavy (non-hydrogen) atoms. The van der Waals surface area contributed by atoms with Crippen molar-refractivity contribution < 1.29 is 9.59 Å². The van der Waals surface area contributed by atoms with Crippen molar-refractivity contribution in [1.29, 1.82) is 0 Å². The summed E-state index contributed by atoms with van der Waals surface area (Å²) in [5, 5.41) is 3.10. The molecule has 0 unspecified atom stereocenters. The fourth-order valence-corrected chi connectivity index (χ4v) is 2.64. The van der Waals surface area contributed by atoms with E-state index in [1.165, 1.54) is 20.9 Å². The molecule has 1 aliphatic rings. The van der Waals surface area contributed by atoms with Gasteiger partial charge in [0.15, 0.2) is 5.96 Å². The number of hydrogen-bond acceptors (Lipinski definition) is 3. The molecule has 2 rings (SSSR count). The van der Waals surface area contributed by atoms with Gasteiger partial charge in [-0.25, -0.2) is 4.99 Å². The first-order chi connectivity index (χ1) is 12.9. The zero-order valence-corrected chi connectivity index (χ0v) is 16.6. The van der Waals surface area contributed by atoms with E-state index in [-0.39, 0.29) is 24.9 Å². The predicted octanol–water partition coefficient (Wildman–Crippen LogP) is 0.898. The maximum Gasteiger partial charge on any atom is 0.243 e. The van der Waals surface area contributed by atoms with E-state index in [2.05, 4.69) is 33.4 Å². The predicted molar refractivity (Wildman–Crippen MR) is 108 cm³/mol. The molecule has 0 radical (unpaired) electrons. The van der Waals surface area contributed by atoms with Crippen molar-refractivity contribution in [2.75, 3.05) is 54.4 Å². The van der Waals surface area contributed by atoms with Gasteiger partial charge in [0, 0.05) is 41.3 Å². The minimum absolute atomic E-state index is 0.0424. The number of nitrogens with one attached hydrogen (secondary N) is 1. The molecule has 0 saturated carbocycles. The Hall–Kier alpha value is -2.83. The monoisotopic (exact) mass is 371 g/mol. The van der Waals surface area contributed by atoms with Gasteiger partial charge in [-0.3, -0.25) is 9.59 Å². The average molecular weight is 371 g/mol. The number of hydrogen-bond donors (Lipinski definition) is 1. The molecular formula is C20H29N5O2. The van der Waals surface area contributed by atoms with Crippen LogP contribution < -0.4 is 5.32 Å². The highest BCUT2D eigenvalue weighted by atomic mass is 16.2. The third kappa shape index (κ3) is 6.13. The smallest absolute Gasteiger partial charge is 0.243 e. The summed E-state index contributed by atoms with van der Waals surface area (Å²) in [5.74, 6) is 0.466. The SMILES string of the molecule is CN(C)C(=O)CN=C(NCC(=O)N(C)C)N1CC=C(c2ccccc2)CC1. The molecule has 7 heteroatoms. The molecule has 1 aromatic rings. The largest absolute Gasteiger partial charge is 0.347 e. The van der Waals surface area contributed by atoms with Crippen molar-refractivity contribution in [3.8, 4) is 0 Å². The van der Waals surface area contributed by atoms with Crippen LogP contribution in [0.15, 0.2) is 41.4 Å². The summed E-state index contributed by atoms with van der Waals surface area (Å²) in [6.07, 6.45) is 3.06. The highest BCUT2D eigenvalue weighted by Crippen LogP contribution is 2.21. The molecule has 146 valence electrons. The summed E-state index contributed by atoms with van der Waals surface area (Å²) in [7, 11) is 6.84. The number of carbonyl (C=O) groups is 2. The van der Waals surface area contributed by atoms with E-state index in [0.29, 0.717) is 12.5 Å². The lowest BCUT2D eigenvalue weighted by Gasteiger charge is -2.30. The second kappa shape index (κ2) is 9.75. The van der Waals surface area contributed by atoms with Crippen molar-refractivity contribution in [2.45, 2.75) is 6.42 Å². The molecule has 0 aromatic heterocycles. The van der Waals surface area contributed by atoms with Gasteiger partial charge in [0.1, 0.15) is 6.54 Å². The van der Waals surface area contributed by atoms with E-state index in [4.69, 9.17) is 0 Å². The maximum absolute atomic E-state index is 11.9. The molecule has 1 aliphatic heterocycles. The number of carbonyl (C=O) groups excluding carboxylic acids is 2. The van der Waals surface area contributed by atoms with Crippen molar-refractivity contribution in [3.05, 3.63) is 42.0 Å². The maximum atomic E-state index is 11.9. The van der Waals surface area contributed by atoms with Gasteiger partial charge >= 0.3 is 0 Å². The van der Waals surface area contributed by atoms with Gasteiger partial charge < -0.3 is 20.0 Å². The van der Waals surface area contributed by atoms with E-state index in [0.717, 1.165) is 13.0 Å². The van der Waals surface area contributed by atoms with E-state index >= 15 is 0 Å². The van der Waals surface area contributed by atoms with Gasteiger partial charge in [-0.05, 0) is 17.6 Å². The number of amides is 2. The number of guanidine groups is 1. The molecule has 0 fully saturated rings. The summed E-state index contributed by atoms with van der Waals surface area (Å²) < 4.78 is 0. The molecule has 2 amide bonds. The molecule has 7 nitrogen and oxygen atoms in total.